The topological polar surface area (TPSA) is 81.4 Å². The molecule has 2 aromatic carbocycles. The molecule has 0 atom stereocenters. The molecule has 1 N–H and O–H groups in total. The number of benzene rings is 2. The number of fused-ring (bicyclic) bond motifs is 1. The number of nitrogens with zero attached hydrogens (tertiary/aromatic N) is 2. The second-order valence-electron chi connectivity index (χ2n) is 4.73. The Kier molecular flexibility index (Phi) is 3.53. The van der Waals surface area contributed by atoms with Gasteiger partial charge in [0, 0.05) is 0 Å². The van der Waals surface area contributed by atoms with Crippen LogP contribution in [0.25, 0.3) is 16.6 Å². The van der Waals surface area contributed by atoms with Gasteiger partial charge in [-0.2, -0.15) is 5.10 Å². The molecule has 0 aliphatic carbocycles. The third-order valence-corrected chi connectivity index (χ3v) is 3.37. The van der Waals surface area contributed by atoms with Crippen LogP contribution in [0.1, 0.15) is 10.5 Å². The van der Waals surface area contributed by atoms with Crippen molar-refractivity contribution in [3.63, 3.8) is 0 Å². The molecule has 0 radical (unpaired) electrons. The van der Waals surface area contributed by atoms with Crippen molar-refractivity contribution >= 4 is 16.9 Å². The van der Waals surface area contributed by atoms with E-state index < -0.39 is 22.9 Å². The van der Waals surface area contributed by atoms with Gasteiger partial charge >= 0.3 is 5.97 Å². The fourth-order valence-electron chi connectivity index (χ4n) is 2.28. The van der Waals surface area contributed by atoms with Crippen LogP contribution in [0.4, 0.5) is 4.39 Å². The Morgan fingerprint density at radius 2 is 2.00 bits per heavy atom. The van der Waals surface area contributed by atoms with Crippen molar-refractivity contribution in [3.05, 3.63) is 64.2 Å². The van der Waals surface area contributed by atoms with Crippen LogP contribution in [-0.2, 0) is 0 Å². The third-order valence-electron chi connectivity index (χ3n) is 3.37. The van der Waals surface area contributed by atoms with E-state index in [1.165, 1.54) is 37.4 Å². The van der Waals surface area contributed by atoms with Gasteiger partial charge in [0.05, 0.1) is 18.0 Å². The zero-order valence-corrected chi connectivity index (χ0v) is 12.0. The Balaban J connectivity index is 2.46. The first kappa shape index (κ1) is 14.7. The molecule has 23 heavy (non-hydrogen) atoms. The van der Waals surface area contributed by atoms with Crippen LogP contribution < -0.4 is 10.2 Å². The maximum atomic E-state index is 14.1. The Morgan fingerprint density at radius 1 is 1.26 bits per heavy atom. The third kappa shape index (κ3) is 2.42. The lowest BCUT2D eigenvalue weighted by molar-refractivity contribution is 0.0687. The maximum Gasteiger partial charge on any atom is 0.360 e. The minimum Gasteiger partial charge on any atom is -0.497 e. The number of carbonyl (C=O) groups is 1. The summed E-state index contributed by atoms with van der Waals surface area (Å²) in [5, 5.41) is 13.1. The summed E-state index contributed by atoms with van der Waals surface area (Å²) in [5.41, 5.74) is -1.11. The largest absolute Gasteiger partial charge is 0.497 e. The average molecular weight is 314 g/mol. The molecule has 0 aliphatic heterocycles. The molecule has 0 saturated carbocycles. The molecule has 3 aromatic rings. The zero-order chi connectivity index (χ0) is 16.6. The standard InChI is InChI=1S/C16H11FN2O4/c1-23-9-6-7-12-10(8-9)15(20)14(16(21)22)18-19(12)13-5-3-2-4-11(13)17/h2-8H,1H3,(H,21,22). The second-order valence-corrected chi connectivity index (χ2v) is 4.73. The number of para-hydroxylation sites is 1. The molecule has 0 bridgehead atoms. The van der Waals surface area contributed by atoms with E-state index in [0.717, 1.165) is 4.68 Å². The van der Waals surface area contributed by atoms with Gasteiger partial charge in [-0.1, -0.05) is 12.1 Å². The predicted octanol–water partition coefficient (Wildman–Crippen LogP) is 2.23. The fourth-order valence-corrected chi connectivity index (χ4v) is 2.28. The summed E-state index contributed by atoms with van der Waals surface area (Å²) in [5.74, 6) is -1.68. The Labute approximate surface area is 129 Å². The highest BCUT2D eigenvalue weighted by atomic mass is 19.1. The molecule has 7 heteroatoms. The number of carboxylic acids is 1. The smallest absolute Gasteiger partial charge is 0.360 e. The average Bonchev–Trinajstić information content (AvgIpc) is 2.55. The first-order chi connectivity index (χ1) is 11.0. The van der Waals surface area contributed by atoms with E-state index in [0.29, 0.717) is 5.75 Å². The molecule has 1 heterocycles. The number of rotatable bonds is 3. The SMILES string of the molecule is COc1ccc2c(c1)c(=O)c(C(=O)O)nn2-c1ccccc1F. The Morgan fingerprint density at radius 3 is 2.65 bits per heavy atom. The summed E-state index contributed by atoms with van der Waals surface area (Å²) in [6, 6.07) is 10.3. The Bertz CT molecular complexity index is 981. The first-order valence-electron chi connectivity index (χ1n) is 6.62. The molecule has 3 rings (SSSR count). The molecule has 6 nitrogen and oxygen atoms in total. The number of carboxylic acid groups (broad SMARTS) is 1. The monoisotopic (exact) mass is 314 g/mol. The van der Waals surface area contributed by atoms with Gasteiger partial charge in [0.2, 0.25) is 11.1 Å². The van der Waals surface area contributed by atoms with Crippen LogP contribution in [0.5, 0.6) is 5.75 Å². The zero-order valence-electron chi connectivity index (χ0n) is 12.0. The summed E-state index contributed by atoms with van der Waals surface area (Å²) in [6.07, 6.45) is 0. The van der Waals surface area contributed by atoms with Crippen molar-refractivity contribution in [3.8, 4) is 11.4 Å². The van der Waals surface area contributed by atoms with Crippen LogP contribution in [0, 0.1) is 5.82 Å². The molecule has 0 aliphatic rings. The predicted molar refractivity (Wildman–Crippen MR) is 80.8 cm³/mol. The van der Waals surface area contributed by atoms with E-state index in [1.807, 2.05) is 0 Å². The molecule has 0 unspecified atom stereocenters. The molecule has 1 aromatic heterocycles. The lowest BCUT2D eigenvalue weighted by Crippen LogP contribution is -2.22. The van der Waals surface area contributed by atoms with Crippen molar-refractivity contribution in [2.45, 2.75) is 0 Å². The normalized spacial score (nSPS) is 10.7. The number of hydrogen-bond acceptors (Lipinski definition) is 4. The van der Waals surface area contributed by atoms with Crippen LogP contribution in [0.15, 0.2) is 47.3 Å². The van der Waals surface area contributed by atoms with Gasteiger partial charge in [0.25, 0.3) is 0 Å². The van der Waals surface area contributed by atoms with Gasteiger partial charge in [0.15, 0.2) is 0 Å². The molecule has 0 amide bonds. The fraction of sp³-hybridized carbons (Fsp3) is 0.0625. The van der Waals surface area contributed by atoms with Crippen LogP contribution in [0.2, 0.25) is 0 Å². The second kappa shape index (κ2) is 5.53. The van der Waals surface area contributed by atoms with Gasteiger partial charge in [-0.15, -0.1) is 0 Å². The highest BCUT2D eigenvalue weighted by Gasteiger charge is 2.19. The summed E-state index contributed by atoms with van der Waals surface area (Å²) in [7, 11) is 1.43. The minimum absolute atomic E-state index is 0.0465. The summed E-state index contributed by atoms with van der Waals surface area (Å²) < 4.78 is 20.2. The van der Waals surface area contributed by atoms with Gasteiger partial charge in [-0.25, -0.2) is 13.9 Å². The van der Waals surface area contributed by atoms with Crippen molar-refractivity contribution in [1.29, 1.82) is 0 Å². The quantitative estimate of drug-likeness (QED) is 0.802. The van der Waals surface area contributed by atoms with Crippen molar-refractivity contribution in [1.82, 2.24) is 9.78 Å². The van der Waals surface area contributed by atoms with E-state index >= 15 is 0 Å². The molecule has 0 saturated heterocycles. The number of methoxy groups -OCH3 is 1. The van der Waals surface area contributed by atoms with Gasteiger partial charge in [-0.3, -0.25) is 4.79 Å². The lowest BCUT2D eigenvalue weighted by Gasteiger charge is -2.12. The van der Waals surface area contributed by atoms with Crippen LogP contribution in [0.3, 0.4) is 0 Å². The number of halogens is 1. The molecular weight excluding hydrogens is 303 g/mol. The first-order valence-corrected chi connectivity index (χ1v) is 6.62. The minimum atomic E-state index is -1.48. The maximum absolute atomic E-state index is 14.1. The number of aromatic carboxylic acids is 1. The van der Waals surface area contributed by atoms with E-state index in [2.05, 4.69) is 5.10 Å². The van der Waals surface area contributed by atoms with E-state index in [9.17, 15) is 19.1 Å². The highest BCUT2D eigenvalue weighted by molar-refractivity contribution is 5.91. The van der Waals surface area contributed by atoms with Crippen molar-refractivity contribution in [2.24, 2.45) is 0 Å². The number of aromatic nitrogens is 2. The summed E-state index contributed by atoms with van der Waals surface area (Å²) >= 11 is 0. The molecule has 0 fully saturated rings. The molecular formula is C16H11FN2O4. The van der Waals surface area contributed by atoms with Crippen LogP contribution >= 0.6 is 0 Å². The van der Waals surface area contributed by atoms with Gasteiger partial charge in [-0.05, 0) is 30.3 Å². The number of hydrogen-bond donors (Lipinski definition) is 1. The van der Waals surface area contributed by atoms with Gasteiger partial charge < -0.3 is 9.84 Å². The van der Waals surface area contributed by atoms with Crippen LogP contribution in [-0.4, -0.2) is 28.0 Å². The van der Waals surface area contributed by atoms with Crippen molar-refractivity contribution in [2.75, 3.05) is 7.11 Å². The van der Waals surface area contributed by atoms with Gasteiger partial charge in [0.1, 0.15) is 17.3 Å². The summed E-state index contributed by atoms with van der Waals surface area (Å²) in [6.45, 7) is 0. The molecule has 116 valence electrons. The van der Waals surface area contributed by atoms with E-state index in [-0.39, 0.29) is 16.6 Å². The molecule has 0 spiro atoms. The van der Waals surface area contributed by atoms with E-state index in [4.69, 9.17) is 4.74 Å². The van der Waals surface area contributed by atoms with E-state index in [1.54, 1.807) is 12.1 Å². The highest BCUT2D eigenvalue weighted by Crippen LogP contribution is 2.22. The van der Waals surface area contributed by atoms with Crippen molar-refractivity contribution < 1.29 is 19.0 Å². The lowest BCUT2D eigenvalue weighted by atomic mass is 10.1. The Hall–Kier alpha value is -3.22. The number of ether oxygens (including phenoxy) is 1. The summed E-state index contributed by atoms with van der Waals surface area (Å²) in [4.78, 5) is 23.6.